The van der Waals surface area contributed by atoms with E-state index in [9.17, 15) is 0 Å². The number of methoxy groups -OCH3 is 1. The van der Waals surface area contributed by atoms with Crippen LogP contribution >= 0.6 is 22.9 Å². The molecular formula is C12H20ClNOS. The summed E-state index contributed by atoms with van der Waals surface area (Å²) in [5.41, 5.74) is 0. The minimum atomic E-state index is 0.537. The van der Waals surface area contributed by atoms with E-state index >= 15 is 0 Å². The molecule has 0 radical (unpaired) electrons. The second-order valence-electron chi connectivity index (χ2n) is 3.80. The summed E-state index contributed by atoms with van der Waals surface area (Å²) in [4.78, 5) is 1.35. The van der Waals surface area contributed by atoms with Gasteiger partial charge in [-0.1, -0.05) is 18.5 Å². The largest absolute Gasteiger partial charge is 0.385 e. The highest BCUT2D eigenvalue weighted by atomic mass is 35.5. The van der Waals surface area contributed by atoms with Gasteiger partial charge in [0.25, 0.3) is 0 Å². The molecule has 1 heterocycles. The molecule has 1 aromatic heterocycles. The number of nitrogens with one attached hydrogen (secondary N) is 1. The van der Waals surface area contributed by atoms with Crippen LogP contribution in [0.25, 0.3) is 0 Å². The third kappa shape index (κ3) is 5.30. The summed E-state index contributed by atoms with van der Waals surface area (Å²) in [6.07, 6.45) is 3.32. The number of ether oxygens (including phenoxy) is 1. The first kappa shape index (κ1) is 14.0. The monoisotopic (exact) mass is 261 g/mol. The second kappa shape index (κ2) is 8.07. The average Bonchev–Trinajstić information content (AvgIpc) is 2.65. The van der Waals surface area contributed by atoms with Crippen LogP contribution in [0.3, 0.4) is 0 Å². The van der Waals surface area contributed by atoms with Crippen LogP contribution in [0.4, 0.5) is 0 Å². The summed E-state index contributed by atoms with van der Waals surface area (Å²) in [7, 11) is 1.75. The van der Waals surface area contributed by atoms with Crippen molar-refractivity contribution in [1.29, 1.82) is 0 Å². The minimum Gasteiger partial charge on any atom is -0.385 e. The molecular weight excluding hydrogens is 242 g/mol. The van der Waals surface area contributed by atoms with Crippen LogP contribution in [-0.4, -0.2) is 26.3 Å². The molecule has 1 aromatic rings. The third-order valence-electron chi connectivity index (χ3n) is 2.47. The first-order valence-corrected chi connectivity index (χ1v) is 6.92. The van der Waals surface area contributed by atoms with Crippen molar-refractivity contribution >= 4 is 22.9 Å². The van der Waals surface area contributed by atoms with E-state index in [0.717, 1.165) is 36.8 Å². The molecule has 0 saturated carbocycles. The Labute approximate surface area is 107 Å². The molecule has 2 nitrogen and oxygen atoms in total. The first-order chi connectivity index (χ1) is 7.76. The maximum atomic E-state index is 5.93. The number of hydrogen-bond donors (Lipinski definition) is 1. The van der Waals surface area contributed by atoms with E-state index in [4.69, 9.17) is 16.3 Å². The van der Waals surface area contributed by atoms with Crippen LogP contribution in [0.15, 0.2) is 12.1 Å². The van der Waals surface area contributed by atoms with Crippen LogP contribution in [0, 0.1) is 0 Å². The number of thiophene rings is 1. The van der Waals surface area contributed by atoms with Crippen molar-refractivity contribution < 1.29 is 4.74 Å². The van der Waals surface area contributed by atoms with E-state index in [1.807, 2.05) is 6.07 Å². The second-order valence-corrected chi connectivity index (χ2v) is 5.60. The standard InChI is InChI=1S/C12H20ClNOS/c1-3-14-10(5-4-8-15-2)9-11-6-7-12(13)16-11/h6-7,10,14H,3-5,8-9H2,1-2H3. The SMILES string of the molecule is CCNC(CCCOC)Cc1ccc(Cl)s1. The van der Waals surface area contributed by atoms with Crippen molar-refractivity contribution in [2.75, 3.05) is 20.3 Å². The fourth-order valence-corrected chi connectivity index (χ4v) is 2.91. The highest BCUT2D eigenvalue weighted by Gasteiger charge is 2.09. The minimum absolute atomic E-state index is 0.537. The molecule has 4 heteroatoms. The fourth-order valence-electron chi connectivity index (χ4n) is 1.74. The van der Waals surface area contributed by atoms with Crippen LogP contribution in [-0.2, 0) is 11.2 Å². The van der Waals surface area contributed by atoms with Gasteiger partial charge in [0, 0.05) is 24.6 Å². The lowest BCUT2D eigenvalue weighted by Crippen LogP contribution is -2.30. The summed E-state index contributed by atoms with van der Waals surface area (Å²) in [6.45, 7) is 3.99. The molecule has 0 saturated heterocycles. The fraction of sp³-hybridized carbons (Fsp3) is 0.667. The smallest absolute Gasteiger partial charge is 0.0931 e. The van der Waals surface area contributed by atoms with Gasteiger partial charge in [0.05, 0.1) is 4.34 Å². The van der Waals surface area contributed by atoms with Gasteiger partial charge in [-0.3, -0.25) is 0 Å². The van der Waals surface area contributed by atoms with E-state index in [1.54, 1.807) is 18.4 Å². The van der Waals surface area contributed by atoms with Crippen molar-refractivity contribution in [2.45, 2.75) is 32.2 Å². The molecule has 0 fully saturated rings. The lowest BCUT2D eigenvalue weighted by molar-refractivity contribution is 0.188. The van der Waals surface area contributed by atoms with Gasteiger partial charge in [0.1, 0.15) is 0 Å². The van der Waals surface area contributed by atoms with Crippen LogP contribution in [0.5, 0.6) is 0 Å². The molecule has 92 valence electrons. The predicted molar refractivity (Wildman–Crippen MR) is 71.6 cm³/mol. The molecule has 0 aliphatic carbocycles. The van der Waals surface area contributed by atoms with Crippen LogP contribution in [0.2, 0.25) is 4.34 Å². The van der Waals surface area contributed by atoms with Gasteiger partial charge in [-0.25, -0.2) is 0 Å². The van der Waals surface area contributed by atoms with E-state index in [1.165, 1.54) is 4.88 Å². The Morgan fingerprint density at radius 2 is 2.31 bits per heavy atom. The van der Waals surface area contributed by atoms with Crippen molar-refractivity contribution in [3.63, 3.8) is 0 Å². The Morgan fingerprint density at radius 1 is 1.50 bits per heavy atom. The zero-order chi connectivity index (χ0) is 11.8. The molecule has 1 rings (SSSR count). The van der Waals surface area contributed by atoms with E-state index in [2.05, 4.69) is 18.3 Å². The highest BCUT2D eigenvalue weighted by Crippen LogP contribution is 2.23. The van der Waals surface area contributed by atoms with Gasteiger partial charge < -0.3 is 10.1 Å². The molecule has 1 unspecified atom stereocenters. The maximum Gasteiger partial charge on any atom is 0.0931 e. The summed E-state index contributed by atoms with van der Waals surface area (Å²) in [6, 6.07) is 4.63. The normalized spacial score (nSPS) is 12.9. The Hall–Kier alpha value is -0.0900. The summed E-state index contributed by atoms with van der Waals surface area (Å²) in [5, 5.41) is 3.51. The lowest BCUT2D eigenvalue weighted by atomic mass is 10.1. The summed E-state index contributed by atoms with van der Waals surface area (Å²) < 4.78 is 5.96. The molecule has 1 atom stereocenters. The molecule has 0 aliphatic heterocycles. The molecule has 0 aromatic carbocycles. The quantitative estimate of drug-likeness (QED) is 0.725. The van der Waals surface area contributed by atoms with E-state index < -0.39 is 0 Å². The Balaban J connectivity index is 2.37. The summed E-state index contributed by atoms with van der Waals surface area (Å²) >= 11 is 7.60. The predicted octanol–water partition coefficient (Wildman–Crippen LogP) is 3.35. The maximum absolute atomic E-state index is 5.93. The number of halogens is 1. The van der Waals surface area contributed by atoms with Gasteiger partial charge >= 0.3 is 0 Å². The Kier molecular flexibility index (Phi) is 7.05. The van der Waals surface area contributed by atoms with Gasteiger partial charge in [-0.2, -0.15) is 0 Å². The number of hydrogen-bond acceptors (Lipinski definition) is 3. The molecule has 1 N–H and O–H groups in total. The Bertz CT molecular complexity index is 290. The molecule has 0 amide bonds. The van der Waals surface area contributed by atoms with Gasteiger partial charge in [0.15, 0.2) is 0 Å². The van der Waals surface area contributed by atoms with Gasteiger partial charge in [0.2, 0.25) is 0 Å². The van der Waals surface area contributed by atoms with Crippen molar-refractivity contribution in [3.8, 4) is 0 Å². The topological polar surface area (TPSA) is 21.3 Å². The molecule has 0 bridgehead atoms. The zero-order valence-electron chi connectivity index (χ0n) is 9.96. The lowest BCUT2D eigenvalue weighted by Gasteiger charge is -2.16. The van der Waals surface area contributed by atoms with Gasteiger partial charge in [-0.05, 0) is 37.9 Å². The van der Waals surface area contributed by atoms with Crippen molar-refractivity contribution in [3.05, 3.63) is 21.3 Å². The highest BCUT2D eigenvalue weighted by molar-refractivity contribution is 7.16. The van der Waals surface area contributed by atoms with Crippen LogP contribution in [0.1, 0.15) is 24.6 Å². The van der Waals surface area contributed by atoms with E-state index in [-0.39, 0.29) is 0 Å². The molecule has 16 heavy (non-hydrogen) atoms. The van der Waals surface area contributed by atoms with E-state index in [0.29, 0.717) is 6.04 Å². The van der Waals surface area contributed by atoms with Crippen molar-refractivity contribution in [1.82, 2.24) is 5.32 Å². The molecule has 0 aliphatic rings. The number of likely N-dealkylation sites (N-methyl/N-ethyl adjacent to an activating group) is 1. The molecule has 0 spiro atoms. The number of rotatable bonds is 8. The van der Waals surface area contributed by atoms with Crippen LogP contribution < -0.4 is 5.32 Å². The Morgan fingerprint density at radius 3 is 2.88 bits per heavy atom. The van der Waals surface area contributed by atoms with Crippen molar-refractivity contribution in [2.24, 2.45) is 0 Å². The summed E-state index contributed by atoms with van der Waals surface area (Å²) in [5.74, 6) is 0. The van der Waals surface area contributed by atoms with Gasteiger partial charge in [-0.15, -0.1) is 11.3 Å². The average molecular weight is 262 g/mol. The zero-order valence-corrected chi connectivity index (χ0v) is 11.5. The third-order valence-corrected chi connectivity index (χ3v) is 3.72. The first-order valence-electron chi connectivity index (χ1n) is 5.72.